The first kappa shape index (κ1) is 57.8. The Hall–Kier alpha value is -6.98. The third-order valence-electron chi connectivity index (χ3n) is 16.9. The third kappa shape index (κ3) is 10.3. The van der Waals surface area contributed by atoms with Crippen LogP contribution in [0.2, 0.25) is 0 Å². The van der Waals surface area contributed by atoms with Crippen molar-refractivity contribution in [2.75, 3.05) is 9.80 Å². The zero-order valence-corrected chi connectivity index (χ0v) is 54.0. The van der Waals surface area contributed by atoms with Crippen LogP contribution in [0.25, 0.3) is 70.0 Å². The number of nitrogens with zero attached hydrogens (tertiary/aromatic N) is 4. The van der Waals surface area contributed by atoms with E-state index in [-0.39, 0.29) is 26.5 Å². The number of ether oxygens (including phenoxy) is 1. The van der Waals surface area contributed by atoms with E-state index in [0.717, 1.165) is 39.3 Å². The largest absolute Gasteiger partial charge is 0.509 e. The monoisotopic (exact) mass is 1290 g/mol. The number of fused-ring (bicyclic) bond motifs is 8. The topological polar surface area (TPSA) is 33.5 Å². The van der Waals surface area contributed by atoms with Gasteiger partial charge in [-0.2, -0.15) is 12.1 Å². The molecule has 0 saturated carbocycles. The van der Waals surface area contributed by atoms with Crippen molar-refractivity contribution in [3.63, 3.8) is 0 Å². The zero-order valence-electron chi connectivity index (χ0n) is 50.9. The van der Waals surface area contributed by atoms with Crippen molar-refractivity contribution in [3.05, 3.63) is 210 Å². The molecule has 0 unspecified atom stereocenters. The van der Waals surface area contributed by atoms with E-state index >= 15 is 0 Å². The van der Waals surface area contributed by atoms with Gasteiger partial charge in [0.2, 0.25) is 0 Å². The van der Waals surface area contributed by atoms with E-state index in [0.29, 0.717) is 47.0 Å². The number of hydrogen-bond acceptors (Lipinski definition) is 5. The molecule has 83 heavy (non-hydrogen) atoms. The summed E-state index contributed by atoms with van der Waals surface area (Å²) >= 11 is 1.85. The molecule has 7 heteroatoms. The summed E-state index contributed by atoms with van der Waals surface area (Å²) in [5.74, 6) is 4.05. The van der Waals surface area contributed by atoms with Crippen LogP contribution in [0.4, 0.5) is 22.7 Å². The fraction of sp³-hybridized carbons (Fsp3) is 0.289. The second-order valence-corrected chi connectivity index (χ2v) is 26.7. The van der Waals surface area contributed by atoms with Crippen molar-refractivity contribution in [2.24, 2.45) is 0 Å². The maximum Gasteiger partial charge on any atom is 0.135 e. The van der Waals surface area contributed by atoms with Crippen LogP contribution < -0.4 is 14.5 Å². The van der Waals surface area contributed by atoms with Gasteiger partial charge in [-0.25, -0.2) is 4.98 Å². The molecule has 12 rings (SSSR count). The van der Waals surface area contributed by atoms with Gasteiger partial charge in [0.05, 0.1) is 0 Å². The van der Waals surface area contributed by atoms with Gasteiger partial charge in [0.15, 0.2) is 0 Å². The maximum atomic E-state index is 6.94. The third-order valence-corrected chi connectivity index (χ3v) is 18.1. The van der Waals surface area contributed by atoms with Crippen LogP contribution in [0.1, 0.15) is 178 Å². The van der Waals surface area contributed by atoms with Crippen molar-refractivity contribution in [1.82, 2.24) is 9.55 Å². The molecule has 3 aromatic heterocycles. The van der Waals surface area contributed by atoms with Gasteiger partial charge >= 0.3 is 0 Å². The van der Waals surface area contributed by atoms with E-state index in [4.69, 9.17) is 9.72 Å². The molecule has 0 spiro atoms. The molecule has 0 radical (unpaired) electrons. The smallest absolute Gasteiger partial charge is 0.135 e. The van der Waals surface area contributed by atoms with Gasteiger partial charge in [-0.05, 0) is 133 Å². The quantitative estimate of drug-likeness (QED) is 0.108. The number of rotatable bonds is 13. The van der Waals surface area contributed by atoms with Crippen LogP contribution in [0.5, 0.6) is 11.5 Å². The van der Waals surface area contributed by atoms with Gasteiger partial charge in [0.1, 0.15) is 5.82 Å². The first-order valence-electron chi connectivity index (χ1n) is 29.8. The Morgan fingerprint density at radius 2 is 1.06 bits per heavy atom. The molecule has 0 atom stereocenters. The Balaban J connectivity index is 0.00000721. The fourth-order valence-corrected chi connectivity index (χ4v) is 13.7. The van der Waals surface area contributed by atoms with Crippen molar-refractivity contribution in [3.8, 4) is 39.6 Å². The number of aromatic nitrogens is 2. The fourth-order valence-electron chi connectivity index (χ4n) is 12.5. The standard InChI is InChI=1S/C76H77N4OS.Pt/c1-44(2)50-36-61(46(5)6)71(62(37-50)47(7)8)59-25-21-26-60(72-63(48(9)10)38-51(45(3)4)39-64(72)49(11)12)74(59)79-43-78(65-27-17-18-28-66(65)79)53-22-20-23-54(41-53)81-55-30-31-58-68(42-55)80(70-40-52(34-35-77-70)76(13,14)15)67-33-32-57-56-24-16-19-29-69(56)82-75(57)73(58)67;/h16-40,43-49H,1-15H3;/q-3;. The van der Waals surface area contributed by atoms with Gasteiger partial charge in [-0.1, -0.05) is 188 Å². The molecule has 0 bridgehead atoms. The van der Waals surface area contributed by atoms with Crippen molar-refractivity contribution >= 4 is 76.1 Å². The van der Waals surface area contributed by atoms with Gasteiger partial charge in [-0.15, -0.1) is 59.4 Å². The number of pyridine rings is 1. The summed E-state index contributed by atoms with van der Waals surface area (Å²) in [6.07, 6.45) is 1.94. The molecule has 0 aliphatic carbocycles. The first-order chi connectivity index (χ1) is 39.3. The van der Waals surface area contributed by atoms with E-state index in [9.17, 15) is 0 Å². The van der Waals surface area contributed by atoms with E-state index in [2.05, 4.69) is 277 Å². The second-order valence-electron chi connectivity index (χ2n) is 25.6. The molecular weight excluding hydrogens is 1210 g/mol. The molecule has 11 aromatic rings. The summed E-state index contributed by atoms with van der Waals surface area (Å²) in [5.41, 5.74) is 20.9. The maximum absolute atomic E-state index is 6.94. The molecule has 1 aliphatic heterocycles. The average molecular weight is 1290 g/mol. The summed E-state index contributed by atoms with van der Waals surface area (Å²) in [6.45, 7) is 37.2. The molecule has 0 saturated heterocycles. The number of benzene rings is 8. The molecular formula is C76H77N4OPtS-3. The SMILES string of the molecule is CC(C)c1cc(C(C)C)c(-c2cccc(-c3c(C(C)C)cc(C(C)C)cc3C(C)C)c2N2[CH-]N(c3[c-]c(Oc4[c-]c5c(cc4)c4c6sc7ccccc7c6ccc4n5-c4cc(C(C)(C)C)ccn4)ccc3)c3ccccc32)c(C(C)C)c1.[Pt]. The first-order valence-corrected chi connectivity index (χ1v) is 30.6. The minimum absolute atomic E-state index is 0. The van der Waals surface area contributed by atoms with Crippen LogP contribution in [-0.2, 0) is 26.5 Å². The minimum atomic E-state index is -0.0631. The molecule has 1 aliphatic rings. The average Bonchev–Trinajstić information content (AvgIpc) is 2.09. The van der Waals surface area contributed by atoms with Gasteiger partial charge in [0.25, 0.3) is 0 Å². The van der Waals surface area contributed by atoms with E-state index in [1.54, 1.807) is 0 Å². The number of hydrogen-bond donors (Lipinski definition) is 0. The molecule has 0 N–H and O–H groups in total. The minimum Gasteiger partial charge on any atom is -0.509 e. The van der Waals surface area contributed by atoms with Crippen molar-refractivity contribution in [2.45, 2.75) is 145 Å². The van der Waals surface area contributed by atoms with Gasteiger partial charge in [-0.3, -0.25) is 0 Å². The number of thiophene rings is 1. The van der Waals surface area contributed by atoms with E-state index in [1.807, 2.05) is 23.6 Å². The van der Waals surface area contributed by atoms with Crippen molar-refractivity contribution < 1.29 is 25.8 Å². The van der Waals surface area contributed by atoms with Gasteiger partial charge in [0, 0.05) is 92.6 Å². The van der Waals surface area contributed by atoms with Gasteiger partial charge < -0.3 is 19.1 Å². The summed E-state index contributed by atoms with van der Waals surface area (Å²) < 4.78 is 11.7. The van der Waals surface area contributed by atoms with Crippen molar-refractivity contribution in [1.29, 1.82) is 0 Å². The summed E-state index contributed by atoms with van der Waals surface area (Å²) in [5, 5.41) is 4.84. The Morgan fingerprint density at radius 1 is 0.518 bits per heavy atom. The molecule has 426 valence electrons. The normalized spacial score (nSPS) is 13.0. The summed E-state index contributed by atoms with van der Waals surface area (Å²) in [6, 6.07) is 61.6. The van der Waals surface area contributed by atoms with Crippen LogP contribution in [-0.4, -0.2) is 9.55 Å². The van der Waals surface area contributed by atoms with E-state index in [1.165, 1.54) is 92.4 Å². The second kappa shape index (κ2) is 22.5. The predicted octanol–water partition coefficient (Wildman–Crippen LogP) is 22.7. The van der Waals surface area contributed by atoms with E-state index < -0.39 is 0 Å². The predicted molar refractivity (Wildman–Crippen MR) is 351 cm³/mol. The van der Waals surface area contributed by atoms with Crippen LogP contribution >= 0.6 is 11.3 Å². The Bertz CT molecular complexity index is 4110. The summed E-state index contributed by atoms with van der Waals surface area (Å²) in [4.78, 5) is 9.80. The number of anilines is 4. The Labute approximate surface area is 511 Å². The molecule has 4 heterocycles. The van der Waals surface area contributed by atoms with Crippen LogP contribution in [0.3, 0.4) is 0 Å². The van der Waals surface area contributed by atoms with Crippen LogP contribution in [0, 0.1) is 18.8 Å². The molecule has 5 nitrogen and oxygen atoms in total. The molecule has 0 fully saturated rings. The Kier molecular flexibility index (Phi) is 15.7. The summed E-state index contributed by atoms with van der Waals surface area (Å²) in [7, 11) is 0. The Morgan fingerprint density at radius 3 is 1.64 bits per heavy atom. The zero-order chi connectivity index (χ0) is 57.6. The number of para-hydroxylation sites is 3. The van der Waals surface area contributed by atoms with Crippen LogP contribution in [0.15, 0.2) is 152 Å². The molecule has 0 amide bonds. The molecule has 8 aromatic carbocycles.